The molecule has 1 saturated heterocycles. The number of terminal acetylenes is 1. The number of Topliss-reactive ketones (excluding diaryl/α,β-unsaturated/α-hetero) is 1. The van der Waals surface area contributed by atoms with Gasteiger partial charge in [-0.2, -0.15) is 0 Å². The van der Waals surface area contributed by atoms with Crippen LogP contribution in [0.15, 0.2) is 0 Å². The number of hydrogen-bond donors (Lipinski definition) is 2. The molecule has 2 N–H and O–H groups in total. The van der Waals surface area contributed by atoms with E-state index in [1.54, 1.807) is 0 Å². The monoisotopic (exact) mass is 228 g/mol. The lowest BCUT2D eigenvalue weighted by molar-refractivity contribution is -0.174. The fourth-order valence-electron chi connectivity index (χ4n) is 1.44. The van der Waals surface area contributed by atoms with Crippen LogP contribution in [0.2, 0.25) is 0 Å². The minimum Gasteiger partial charge on any atom is -0.394 e. The van der Waals surface area contributed by atoms with Crippen LogP contribution in [-0.4, -0.2) is 54.1 Å². The van der Waals surface area contributed by atoms with Crippen LogP contribution >= 0.6 is 0 Å². The van der Waals surface area contributed by atoms with Crippen molar-refractivity contribution in [3.63, 3.8) is 0 Å². The molecule has 1 aliphatic heterocycles. The summed E-state index contributed by atoms with van der Waals surface area (Å²) >= 11 is 0. The van der Waals surface area contributed by atoms with Crippen molar-refractivity contribution < 1.29 is 24.5 Å². The first kappa shape index (κ1) is 13.1. The zero-order valence-electron chi connectivity index (χ0n) is 8.96. The van der Waals surface area contributed by atoms with Crippen molar-refractivity contribution in [1.82, 2.24) is 0 Å². The number of rotatable bonds is 5. The summed E-state index contributed by atoms with van der Waals surface area (Å²) in [5.41, 5.74) is 0. The first-order chi connectivity index (χ1) is 7.70. The molecule has 0 bridgehead atoms. The molecule has 1 fully saturated rings. The maximum absolute atomic E-state index is 11.6. The van der Waals surface area contributed by atoms with Crippen LogP contribution in [0.5, 0.6) is 0 Å². The summed E-state index contributed by atoms with van der Waals surface area (Å²) in [5, 5.41) is 18.3. The molecule has 0 unspecified atom stereocenters. The first-order valence-electron chi connectivity index (χ1n) is 5.20. The maximum Gasteiger partial charge on any atom is 0.195 e. The topological polar surface area (TPSA) is 76.0 Å². The van der Waals surface area contributed by atoms with Crippen LogP contribution in [0.25, 0.3) is 0 Å². The van der Waals surface area contributed by atoms with E-state index in [4.69, 9.17) is 21.0 Å². The number of aliphatic hydroxyl groups is 2. The summed E-state index contributed by atoms with van der Waals surface area (Å²) in [5.74, 6) is 2.02. The lowest BCUT2D eigenvalue weighted by Gasteiger charge is -2.30. The smallest absolute Gasteiger partial charge is 0.195 e. The minimum absolute atomic E-state index is 0.0666. The highest BCUT2D eigenvalue weighted by atomic mass is 16.6. The Morgan fingerprint density at radius 1 is 1.62 bits per heavy atom. The standard InChI is InChI=1S/C11H16O5/c1-2-3-4-5-15-9-7-16-8(6-12)10(13)11(9)14/h1,8-10,12-13H,3-7H2/t8-,9+,10+/m1/s1. The van der Waals surface area contributed by atoms with Crippen molar-refractivity contribution in [2.24, 2.45) is 0 Å². The Morgan fingerprint density at radius 3 is 3.00 bits per heavy atom. The van der Waals surface area contributed by atoms with Gasteiger partial charge >= 0.3 is 0 Å². The third-order valence-corrected chi connectivity index (χ3v) is 2.39. The SMILES string of the molecule is C#CCCCO[C@H]1CO[C@H](CO)[C@H](O)C1=O. The van der Waals surface area contributed by atoms with Crippen LogP contribution in [0.4, 0.5) is 0 Å². The van der Waals surface area contributed by atoms with E-state index in [-0.39, 0.29) is 13.2 Å². The van der Waals surface area contributed by atoms with Gasteiger partial charge in [0.1, 0.15) is 18.3 Å². The molecule has 0 amide bonds. The van der Waals surface area contributed by atoms with Crippen molar-refractivity contribution in [3.05, 3.63) is 0 Å². The summed E-state index contributed by atoms with van der Waals surface area (Å²) in [4.78, 5) is 11.6. The van der Waals surface area contributed by atoms with Gasteiger partial charge in [-0.3, -0.25) is 4.79 Å². The van der Waals surface area contributed by atoms with E-state index in [0.717, 1.165) is 0 Å². The second-order valence-corrected chi connectivity index (χ2v) is 3.57. The van der Waals surface area contributed by atoms with E-state index in [2.05, 4.69) is 5.92 Å². The Bertz CT molecular complexity index is 270. The molecule has 5 heteroatoms. The van der Waals surface area contributed by atoms with E-state index < -0.39 is 24.1 Å². The second kappa shape index (κ2) is 6.61. The summed E-state index contributed by atoms with van der Waals surface area (Å²) in [6, 6.07) is 0. The minimum atomic E-state index is -1.31. The number of ketones is 1. The highest BCUT2D eigenvalue weighted by molar-refractivity contribution is 5.88. The van der Waals surface area contributed by atoms with Crippen LogP contribution in [0.1, 0.15) is 12.8 Å². The van der Waals surface area contributed by atoms with Crippen LogP contribution in [0, 0.1) is 12.3 Å². The van der Waals surface area contributed by atoms with Crippen molar-refractivity contribution >= 4 is 5.78 Å². The number of carbonyl (C=O) groups excluding carboxylic acids is 1. The predicted molar refractivity (Wildman–Crippen MR) is 55.6 cm³/mol. The molecule has 0 aromatic carbocycles. The number of ether oxygens (including phenoxy) is 2. The molecule has 1 aliphatic rings. The molecule has 3 atom stereocenters. The van der Waals surface area contributed by atoms with E-state index in [9.17, 15) is 9.90 Å². The van der Waals surface area contributed by atoms with Crippen molar-refractivity contribution in [3.8, 4) is 12.3 Å². The van der Waals surface area contributed by atoms with Gasteiger partial charge in [-0.15, -0.1) is 12.3 Å². The van der Waals surface area contributed by atoms with Gasteiger partial charge in [0, 0.05) is 13.0 Å². The average Bonchev–Trinajstić information content (AvgIpc) is 2.30. The molecule has 0 aromatic rings. The molecule has 5 nitrogen and oxygen atoms in total. The quantitative estimate of drug-likeness (QED) is 0.471. The van der Waals surface area contributed by atoms with Crippen molar-refractivity contribution in [2.75, 3.05) is 19.8 Å². The number of aliphatic hydroxyl groups excluding tert-OH is 2. The zero-order chi connectivity index (χ0) is 12.0. The molecule has 1 rings (SSSR count). The molecule has 90 valence electrons. The van der Waals surface area contributed by atoms with Crippen LogP contribution < -0.4 is 0 Å². The molecule has 16 heavy (non-hydrogen) atoms. The van der Waals surface area contributed by atoms with Gasteiger partial charge in [0.2, 0.25) is 0 Å². The molecule has 0 spiro atoms. The zero-order valence-corrected chi connectivity index (χ0v) is 8.96. The molecule has 0 radical (unpaired) electrons. The Balaban J connectivity index is 2.34. The third-order valence-electron chi connectivity index (χ3n) is 2.39. The van der Waals surface area contributed by atoms with Gasteiger partial charge < -0.3 is 19.7 Å². The summed E-state index contributed by atoms with van der Waals surface area (Å²) in [6.45, 7) is 0.0500. The lowest BCUT2D eigenvalue weighted by Crippen LogP contribution is -2.52. The Kier molecular flexibility index (Phi) is 5.43. The van der Waals surface area contributed by atoms with Gasteiger partial charge in [0.05, 0.1) is 13.2 Å². The molecule has 0 aromatic heterocycles. The molecular formula is C11H16O5. The van der Waals surface area contributed by atoms with Gasteiger partial charge in [0.15, 0.2) is 5.78 Å². The number of hydrogen-bond acceptors (Lipinski definition) is 5. The van der Waals surface area contributed by atoms with Gasteiger partial charge in [-0.25, -0.2) is 0 Å². The Hall–Kier alpha value is -0.930. The summed E-state index contributed by atoms with van der Waals surface area (Å²) < 4.78 is 10.3. The van der Waals surface area contributed by atoms with Crippen LogP contribution in [0.3, 0.4) is 0 Å². The van der Waals surface area contributed by atoms with E-state index in [1.165, 1.54) is 0 Å². The molecule has 0 saturated carbocycles. The maximum atomic E-state index is 11.6. The van der Waals surface area contributed by atoms with Gasteiger partial charge in [-0.05, 0) is 6.42 Å². The highest BCUT2D eigenvalue weighted by Crippen LogP contribution is 2.14. The Labute approximate surface area is 94.4 Å². The first-order valence-corrected chi connectivity index (χ1v) is 5.20. The predicted octanol–water partition coefficient (Wildman–Crippen LogP) is -0.894. The Morgan fingerprint density at radius 2 is 2.38 bits per heavy atom. The summed E-state index contributed by atoms with van der Waals surface area (Å²) in [6.07, 6.45) is 3.42. The van der Waals surface area contributed by atoms with Gasteiger partial charge in [-0.1, -0.05) is 0 Å². The third kappa shape index (κ3) is 3.29. The molecule has 0 aliphatic carbocycles. The summed E-state index contributed by atoms with van der Waals surface area (Å²) in [7, 11) is 0. The van der Waals surface area contributed by atoms with Crippen LogP contribution in [-0.2, 0) is 14.3 Å². The van der Waals surface area contributed by atoms with E-state index >= 15 is 0 Å². The van der Waals surface area contributed by atoms with E-state index in [0.29, 0.717) is 19.4 Å². The number of carbonyl (C=O) groups is 1. The lowest BCUT2D eigenvalue weighted by atomic mass is 10.0. The van der Waals surface area contributed by atoms with Gasteiger partial charge in [0.25, 0.3) is 0 Å². The fourth-order valence-corrected chi connectivity index (χ4v) is 1.44. The molecular weight excluding hydrogens is 212 g/mol. The number of unbranched alkanes of at least 4 members (excludes halogenated alkanes) is 1. The average molecular weight is 228 g/mol. The fraction of sp³-hybridized carbons (Fsp3) is 0.727. The normalized spacial score (nSPS) is 30.1. The van der Waals surface area contributed by atoms with Crippen molar-refractivity contribution in [2.45, 2.75) is 31.2 Å². The largest absolute Gasteiger partial charge is 0.394 e. The van der Waals surface area contributed by atoms with Crippen molar-refractivity contribution in [1.29, 1.82) is 0 Å². The second-order valence-electron chi connectivity index (χ2n) is 3.57. The highest BCUT2D eigenvalue weighted by Gasteiger charge is 2.37. The molecule has 1 heterocycles. The van der Waals surface area contributed by atoms with E-state index in [1.807, 2.05) is 0 Å².